The third kappa shape index (κ3) is 3.18. The molecule has 1 aliphatic heterocycles. The molecule has 0 spiro atoms. The molecule has 1 atom stereocenters. The smallest absolute Gasteiger partial charge is 0.409 e. The lowest BCUT2D eigenvalue weighted by Gasteiger charge is -2.16. The van der Waals surface area contributed by atoms with Gasteiger partial charge in [0.15, 0.2) is 0 Å². The number of methoxy groups -OCH3 is 1. The van der Waals surface area contributed by atoms with Crippen molar-refractivity contribution in [3.63, 3.8) is 0 Å². The molecule has 1 saturated heterocycles. The molecule has 82 valence electrons. The van der Waals surface area contributed by atoms with Crippen LogP contribution in [0.3, 0.4) is 0 Å². The van der Waals surface area contributed by atoms with E-state index in [9.17, 15) is 4.79 Å². The van der Waals surface area contributed by atoms with Crippen molar-refractivity contribution >= 4 is 6.09 Å². The zero-order valence-corrected chi connectivity index (χ0v) is 9.25. The van der Waals surface area contributed by atoms with Crippen LogP contribution in [0.15, 0.2) is 0 Å². The van der Waals surface area contributed by atoms with Gasteiger partial charge in [0.2, 0.25) is 0 Å². The summed E-state index contributed by atoms with van der Waals surface area (Å²) < 4.78 is 4.67. The number of nitrogens with zero attached hydrogens (tertiary/aromatic N) is 1. The van der Waals surface area contributed by atoms with Gasteiger partial charge in [0.05, 0.1) is 7.11 Å². The third-order valence-corrected chi connectivity index (χ3v) is 2.44. The highest BCUT2D eigenvalue weighted by atomic mass is 16.5. The van der Waals surface area contributed by atoms with Crippen molar-refractivity contribution in [2.45, 2.75) is 26.3 Å². The first-order valence-corrected chi connectivity index (χ1v) is 5.19. The topological polar surface area (TPSA) is 41.6 Å². The van der Waals surface area contributed by atoms with Crippen molar-refractivity contribution in [2.24, 2.45) is 5.92 Å². The quantitative estimate of drug-likeness (QED) is 0.741. The highest BCUT2D eigenvalue weighted by Crippen LogP contribution is 2.10. The predicted molar refractivity (Wildman–Crippen MR) is 55.2 cm³/mol. The predicted octanol–water partition coefficient (Wildman–Crippen LogP) is 1.07. The van der Waals surface area contributed by atoms with Gasteiger partial charge in [0.1, 0.15) is 0 Å². The van der Waals surface area contributed by atoms with Gasteiger partial charge in [0.25, 0.3) is 0 Å². The fraction of sp³-hybridized carbons (Fsp3) is 0.900. The van der Waals surface area contributed by atoms with Crippen LogP contribution in [-0.2, 0) is 4.74 Å². The van der Waals surface area contributed by atoms with Crippen molar-refractivity contribution in [1.29, 1.82) is 0 Å². The van der Waals surface area contributed by atoms with Crippen molar-refractivity contribution in [3.8, 4) is 0 Å². The van der Waals surface area contributed by atoms with Gasteiger partial charge in [-0.25, -0.2) is 4.79 Å². The molecule has 1 amide bonds. The number of carbonyl (C=O) groups excluding carboxylic acids is 1. The second-order valence-corrected chi connectivity index (χ2v) is 4.20. The summed E-state index contributed by atoms with van der Waals surface area (Å²) >= 11 is 0. The number of likely N-dealkylation sites (tertiary alicyclic amines) is 1. The minimum atomic E-state index is -0.209. The summed E-state index contributed by atoms with van der Waals surface area (Å²) in [5.74, 6) is 0.655. The summed E-state index contributed by atoms with van der Waals surface area (Å²) in [7, 11) is 1.43. The Morgan fingerprint density at radius 2 is 2.36 bits per heavy atom. The number of hydrogen-bond donors (Lipinski definition) is 1. The van der Waals surface area contributed by atoms with E-state index in [1.807, 2.05) is 0 Å². The van der Waals surface area contributed by atoms with Gasteiger partial charge in [-0.05, 0) is 18.9 Å². The summed E-state index contributed by atoms with van der Waals surface area (Å²) in [6.07, 6.45) is 0.820. The second kappa shape index (κ2) is 5.20. The lowest BCUT2D eigenvalue weighted by atomic mass is 10.2. The van der Waals surface area contributed by atoms with Gasteiger partial charge in [-0.2, -0.15) is 0 Å². The maximum atomic E-state index is 11.2. The molecule has 0 radical (unpaired) electrons. The van der Waals surface area contributed by atoms with E-state index in [0.717, 1.165) is 26.1 Å². The fourth-order valence-electron chi connectivity index (χ4n) is 1.62. The average molecular weight is 200 g/mol. The van der Waals surface area contributed by atoms with Crippen LogP contribution in [0.1, 0.15) is 20.3 Å². The third-order valence-electron chi connectivity index (χ3n) is 2.44. The van der Waals surface area contributed by atoms with E-state index in [-0.39, 0.29) is 6.09 Å². The zero-order chi connectivity index (χ0) is 10.6. The minimum absolute atomic E-state index is 0.209. The molecular weight excluding hydrogens is 180 g/mol. The monoisotopic (exact) mass is 200 g/mol. The van der Waals surface area contributed by atoms with Crippen molar-refractivity contribution in [3.05, 3.63) is 0 Å². The molecule has 0 saturated carbocycles. The van der Waals surface area contributed by atoms with Crippen LogP contribution < -0.4 is 5.32 Å². The first kappa shape index (κ1) is 11.3. The molecule has 0 aromatic carbocycles. The molecule has 1 heterocycles. The Bertz CT molecular complexity index is 195. The van der Waals surface area contributed by atoms with Crippen LogP contribution in [0.4, 0.5) is 4.79 Å². The van der Waals surface area contributed by atoms with E-state index >= 15 is 0 Å². The SMILES string of the molecule is COC(=O)N1CCC(NCC(C)C)C1. The van der Waals surface area contributed by atoms with Crippen molar-refractivity contribution < 1.29 is 9.53 Å². The lowest BCUT2D eigenvalue weighted by molar-refractivity contribution is 0.132. The molecular formula is C10H20N2O2. The summed E-state index contributed by atoms with van der Waals surface area (Å²) in [6, 6.07) is 0.441. The first-order valence-electron chi connectivity index (χ1n) is 5.19. The van der Waals surface area contributed by atoms with Gasteiger partial charge in [0, 0.05) is 19.1 Å². The summed E-state index contributed by atoms with van der Waals surface area (Å²) in [6.45, 7) is 6.96. The first-order chi connectivity index (χ1) is 6.63. The van der Waals surface area contributed by atoms with E-state index < -0.39 is 0 Å². The number of rotatable bonds is 3. The van der Waals surface area contributed by atoms with Gasteiger partial charge in [-0.1, -0.05) is 13.8 Å². The second-order valence-electron chi connectivity index (χ2n) is 4.20. The van der Waals surface area contributed by atoms with Crippen LogP contribution in [0.2, 0.25) is 0 Å². The molecule has 4 nitrogen and oxygen atoms in total. The maximum absolute atomic E-state index is 11.2. The van der Waals surface area contributed by atoms with E-state index in [2.05, 4.69) is 23.9 Å². The highest BCUT2D eigenvalue weighted by molar-refractivity contribution is 5.67. The standard InChI is InChI=1S/C10H20N2O2/c1-8(2)6-11-9-4-5-12(7-9)10(13)14-3/h8-9,11H,4-7H2,1-3H3. The summed E-state index contributed by atoms with van der Waals surface area (Å²) in [5, 5.41) is 3.44. The zero-order valence-electron chi connectivity index (χ0n) is 9.25. The number of amides is 1. The number of ether oxygens (including phenoxy) is 1. The molecule has 14 heavy (non-hydrogen) atoms. The van der Waals surface area contributed by atoms with E-state index in [1.165, 1.54) is 7.11 Å². The Kier molecular flexibility index (Phi) is 4.20. The number of nitrogens with one attached hydrogen (secondary N) is 1. The van der Waals surface area contributed by atoms with E-state index in [4.69, 9.17) is 0 Å². The average Bonchev–Trinajstić information content (AvgIpc) is 2.62. The summed E-state index contributed by atoms with van der Waals surface area (Å²) in [4.78, 5) is 12.9. The van der Waals surface area contributed by atoms with Gasteiger partial charge in [-0.15, -0.1) is 0 Å². The molecule has 0 aromatic rings. The number of hydrogen-bond acceptors (Lipinski definition) is 3. The fourth-order valence-corrected chi connectivity index (χ4v) is 1.62. The largest absolute Gasteiger partial charge is 0.453 e. The van der Waals surface area contributed by atoms with Gasteiger partial charge < -0.3 is 15.0 Å². The Hall–Kier alpha value is -0.770. The number of carbonyl (C=O) groups is 1. The Labute approximate surface area is 85.6 Å². The van der Waals surface area contributed by atoms with Crippen molar-refractivity contribution in [1.82, 2.24) is 10.2 Å². The van der Waals surface area contributed by atoms with Gasteiger partial charge >= 0.3 is 6.09 Å². The minimum Gasteiger partial charge on any atom is -0.453 e. The van der Waals surface area contributed by atoms with E-state index in [1.54, 1.807) is 4.90 Å². The molecule has 0 aliphatic carbocycles. The van der Waals surface area contributed by atoms with Crippen molar-refractivity contribution in [2.75, 3.05) is 26.7 Å². The van der Waals surface area contributed by atoms with Crippen LogP contribution in [0, 0.1) is 5.92 Å². The van der Waals surface area contributed by atoms with Crippen LogP contribution in [-0.4, -0.2) is 43.8 Å². The normalized spacial score (nSPS) is 21.7. The molecule has 0 bridgehead atoms. The Balaban J connectivity index is 2.23. The van der Waals surface area contributed by atoms with Crippen LogP contribution in [0.5, 0.6) is 0 Å². The highest BCUT2D eigenvalue weighted by Gasteiger charge is 2.26. The summed E-state index contributed by atoms with van der Waals surface area (Å²) in [5.41, 5.74) is 0. The van der Waals surface area contributed by atoms with Crippen LogP contribution >= 0.6 is 0 Å². The molecule has 1 fully saturated rings. The molecule has 1 N–H and O–H groups in total. The van der Waals surface area contributed by atoms with E-state index in [0.29, 0.717) is 12.0 Å². The van der Waals surface area contributed by atoms with Gasteiger partial charge in [-0.3, -0.25) is 0 Å². The molecule has 0 aromatic heterocycles. The van der Waals surface area contributed by atoms with Crippen LogP contribution in [0.25, 0.3) is 0 Å². The Morgan fingerprint density at radius 3 is 2.93 bits per heavy atom. The molecule has 1 unspecified atom stereocenters. The maximum Gasteiger partial charge on any atom is 0.409 e. The molecule has 1 aliphatic rings. The lowest BCUT2D eigenvalue weighted by Crippen LogP contribution is -2.36. The Morgan fingerprint density at radius 1 is 1.64 bits per heavy atom. The molecule has 4 heteroatoms. The molecule has 1 rings (SSSR count).